The summed E-state index contributed by atoms with van der Waals surface area (Å²) in [7, 11) is 0. The van der Waals surface area contributed by atoms with Crippen LogP contribution in [0.1, 0.15) is 15.9 Å². The van der Waals surface area contributed by atoms with Crippen molar-refractivity contribution in [2.24, 2.45) is 0 Å². The van der Waals surface area contributed by atoms with Gasteiger partial charge in [0.1, 0.15) is 5.82 Å². The lowest BCUT2D eigenvalue weighted by Crippen LogP contribution is -1.99. The summed E-state index contributed by atoms with van der Waals surface area (Å²) >= 11 is 0. The molecule has 0 spiro atoms. The first-order valence-electron chi connectivity index (χ1n) is 4.47. The number of carbonyl (C=O) groups is 1. The van der Waals surface area contributed by atoms with Crippen LogP contribution < -0.4 is 0 Å². The second-order valence-corrected chi connectivity index (χ2v) is 3.28. The summed E-state index contributed by atoms with van der Waals surface area (Å²) in [6.45, 7) is 1.90. The largest absolute Gasteiger partial charge is 0.298 e. The van der Waals surface area contributed by atoms with Crippen LogP contribution in [0.2, 0.25) is 0 Å². The van der Waals surface area contributed by atoms with Crippen LogP contribution >= 0.6 is 0 Å². The van der Waals surface area contributed by atoms with E-state index in [4.69, 9.17) is 0 Å². The van der Waals surface area contributed by atoms with E-state index in [1.807, 2.05) is 6.92 Å². The van der Waals surface area contributed by atoms with E-state index in [-0.39, 0.29) is 5.56 Å². The third-order valence-corrected chi connectivity index (χ3v) is 2.08. The highest BCUT2D eigenvalue weighted by Crippen LogP contribution is 2.14. The molecule has 1 aromatic heterocycles. The Labute approximate surface area is 86.2 Å². The van der Waals surface area contributed by atoms with Crippen molar-refractivity contribution in [2.45, 2.75) is 6.92 Å². The molecule has 0 atom stereocenters. The van der Waals surface area contributed by atoms with Crippen LogP contribution in [0.15, 0.2) is 30.6 Å². The molecule has 0 aliphatic rings. The van der Waals surface area contributed by atoms with Gasteiger partial charge in [0.15, 0.2) is 6.29 Å². The molecule has 0 bridgehead atoms. The van der Waals surface area contributed by atoms with E-state index in [1.54, 1.807) is 17.1 Å². The summed E-state index contributed by atoms with van der Waals surface area (Å²) < 4.78 is 14.4. The van der Waals surface area contributed by atoms with Crippen molar-refractivity contribution in [3.63, 3.8) is 0 Å². The number of rotatable bonds is 2. The molecule has 0 aliphatic heterocycles. The van der Waals surface area contributed by atoms with Crippen LogP contribution in [0.4, 0.5) is 4.39 Å². The zero-order valence-corrected chi connectivity index (χ0v) is 8.14. The molecule has 1 aromatic carbocycles. The van der Waals surface area contributed by atoms with Gasteiger partial charge in [-0.05, 0) is 30.7 Å². The molecule has 0 radical (unpaired) electrons. The van der Waals surface area contributed by atoms with Gasteiger partial charge in [0, 0.05) is 11.8 Å². The number of halogens is 1. The Balaban J connectivity index is 2.57. The summed E-state index contributed by atoms with van der Waals surface area (Å²) in [5.41, 5.74) is 1.86. The van der Waals surface area contributed by atoms with Crippen LogP contribution in [0, 0.1) is 12.7 Å². The molecule has 15 heavy (non-hydrogen) atoms. The fourth-order valence-corrected chi connectivity index (χ4v) is 1.37. The summed E-state index contributed by atoms with van der Waals surface area (Å²) in [5, 5.41) is 4.06. The molecular weight excluding hydrogens is 195 g/mol. The van der Waals surface area contributed by atoms with Gasteiger partial charge < -0.3 is 0 Å². The maximum absolute atomic E-state index is 12.9. The lowest BCUT2D eigenvalue weighted by Gasteiger charge is -2.04. The Morgan fingerprint density at radius 2 is 2.27 bits per heavy atom. The molecule has 0 saturated carbocycles. The predicted octanol–water partition coefficient (Wildman–Crippen LogP) is 2.13. The van der Waals surface area contributed by atoms with Crippen molar-refractivity contribution >= 4 is 6.29 Å². The van der Waals surface area contributed by atoms with E-state index in [0.29, 0.717) is 12.0 Å². The minimum atomic E-state index is -0.426. The molecule has 0 amide bonds. The molecule has 0 aliphatic carbocycles. The summed E-state index contributed by atoms with van der Waals surface area (Å²) in [6, 6.07) is 4.03. The average Bonchev–Trinajstić information content (AvgIpc) is 2.64. The highest BCUT2D eigenvalue weighted by atomic mass is 19.1. The quantitative estimate of drug-likeness (QED) is 0.702. The first-order chi connectivity index (χ1) is 7.20. The number of aryl methyl sites for hydroxylation is 1. The first-order valence-corrected chi connectivity index (χ1v) is 4.47. The number of benzene rings is 1. The van der Waals surface area contributed by atoms with Crippen molar-refractivity contribution < 1.29 is 9.18 Å². The number of aromatic nitrogens is 2. The van der Waals surface area contributed by atoms with Gasteiger partial charge in [0.2, 0.25) is 0 Å². The Morgan fingerprint density at radius 1 is 1.47 bits per heavy atom. The minimum Gasteiger partial charge on any atom is -0.298 e. The van der Waals surface area contributed by atoms with Crippen molar-refractivity contribution in [1.29, 1.82) is 0 Å². The van der Waals surface area contributed by atoms with Gasteiger partial charge in [-0.3, -0.25) is 4.79 Å². The van der Waals surface area contributed by atoms with Crippen molar-refractivity contribution in [3.8, 4) is 5.69 Å². The standard InChI is InChI=1S/C11H9FN2O/c1-8-5-13-14(6-8)11-3-2-10(12)4-9(11)7-15/h2-7H,1H3. The molecular formula is C11H9FN2O. The lowest BCUT2D eigenvalue weighted by molar-refractivity contribution is 0.112. The number of nitrogens with zero attached hydrogens (tertiary/aromatic N) is 2. The van der Waals surface area contributed by atoms with Crippen LogP contribution in [0.3, 0.4) is 0 Å². The molecule has 0 N–H and O–H groups in total. The second-order valence-electron chi connectivity index (χ2n) is 3.28. The van der Waals surface area contributed by atoms with Gasteiger partial charge in [-0.25, -0.2) is 9.07 Å². The molecule has 0 unspecified atom stereocenters. The van der Waals surface area contributed by atoms with Gasteiger partial charge >= 0.3 is 0 Å². The molecule has 0 saturated heterocycles. The molecule has 2 rings (SSSR count). The van der Waals surface area contributed by atoms with Gasteiger partial charge in [0.05, 0.1) is 11.9 Å². The Hall–Kier alpha value is -1.97. The number of hydrogen-bond donors (Lipinski definition) is 0. The van der Waals surface area contributed by atoms with Gasteiger partial charge in [-0.2, -0.15) is 5.10 Å². The molecule has 0 fully saturated rings. The van der Waals surface area contributed by atoms with E-state index in [0.717, 1.165) is 5.56 Å². The zero-order chi connectivity index (χ0) is 10.8. The fraction of sp³-hybridized carbons (Fsp3) is 0.0909. The summed E-state index contributed by atoms with van der Waals surface area (Å²) in [6.07, 6.45) is 4.08. The number of carbonyl (C=O) groups excluding carboxylic acids is 1. The van der Waals surface area contributed by atoms with E-state index >= 15 is 0 Å². The van der Waals surface area contributed by atoms with Crippen LogP contribution in [0.25, 0.3) is 5.69 Å². The molecule has 1 heterocycles. The van der Waals surface area contributed by atoms with Gasteiger partial charge in [-0.15, -0.1) is 0 Å². The van der Waals surface area contributed by atoms with Crippen molar-refractivity contribution in [2.75, 3.05) is 0 Å². The summed E-state index contributed by atoms with van der Waals surface area (Å²) in [4.78, 5) is 10.8. The van der Waals surface area contributed by atoms with E-state index in [2.05, 4.69) is 5.10 Å². The van der Waals surface area contributed by atoms with E-state index in [1.165, 1.54) is 18.2 Å². The molecule has 4 heteroatoms. The van der Waals surface area contributed by atoms with Gasteiger partial charge in [-0.1, -0.05) is 0 Å². The normalized spacial score (nSPS) is 10.3. The smallest absolute Gasteiger partial charge is 0.152 e. The predicted molar refractivity (Wildman–Crippen MR) is 53.6 cm³/mol. The number of hydrogen-bond acceptors (Lipinski definition) is 2. The van der Waals surface area contributed by atoms with E-state index in [9.17, 15) is 9.18 Å². The zero-order valence-electron chi connectivity index (χ0n) is 8.14. The Bertz CT molecular complexity index is 505. The summed E-state index contributed by atoms with van der Waals surface area (Å²) in [5.74, 6) is -0.426. The van der Waals surface area contributed by atoms with Crippen LogP contribution in [-0.4, -0.2) is 16.1 Å². The first kappa shape index (κ1) is 9.58. The van der Waals surface area contributed by atoms with Crippen molar-refractivity contribution in [1.82, 2.24) is 9.78 Å². The maximum Gasteiger partial charge on any atom is 0.152 e. The Morgan fingerprint density at radius 3 is 2.87 bits per heavy atom. The van der Waals surface area contributed by atoms with Crippen LogP contribution in [0.5, 0.6) is 0 Å². The number of aldehydes is 1. The topological polar surface area (TPSA) is 34.9 Å². The maximum atomic E-state index is 12.9. The molecule has 3 nitrogen and oxygen atoms in total. The Kier molecular flexibility index (Phi) is 2.33. The van der Waals surface area contributed by atoms with Gasteiger partial charge in [0.25, 0.3) is 0 Å². The van der Waals surface area contributed by atoms with E-state index < -0.39 is 5.82 Å². The highest BCUT2D eigenvalue weighted by Gasteiger charge is 2.06. The third-order valence-electron chi connectivity index (χ3n) is 2.08. The molecule has 2 aromatic rings. The fourth-order valence-electron chi connectivity index (χ4n) is 1.37. The van der Waals surface area contributed by atoms with Crippen molar-refractivity contribution in [3.05, 3.63) is 47.5 Å². The monoisotopic (exact) mass is 204 g/mol. The van der Waals surface area contributed by atoms with Crippen LogP contribution in [-0.2, 0) is 0 Å². The average molecular weight is 204 g/mol. The second kappa shape index (κ2) is 3.65. The highest BCUT2D eigenvalue weighted by molar-refractivity contribution is 5.80. The lowest BCUT2D eigenvalue weighted by atomic mass is 10.2. The SMILES string of the molecule is Cc1cnn(-c2ccc(F)cc2C=O)c1. The molecule has 76 valence electrons. The minimum absolute atomic E-state index is 0.290. The third kappa shape index (κ3) is 1.79.